The van der Waals surface area contributed by atoms with E-state index < -0.39 is 0 Å². The van der Waals surface area contributed by atoms with Crippen molar-refractivity contribution < 1.29 is 43.7 Å². The van der Waals surface area contributed by atoms with Gasteiger partial charge >= 0.3 is 54.3 Å². The van der Waals surface area contributed by atoms with E-state index in [0.29, 0.717) is 12.6 Å². The minimum atomic E-state index is -0.360. The van der Waals surface area contributed by atoms with Gasteiger partial charge in [0.05, 0.1) is 0 Å². The molecule has 0 aliphatic heterocycles. The molecule has 0 aliphatic rings. The molecule has 0 aliphatic carbocycles. The Kier molecular flexibility index (Phi) is 5.98. The molecule has 0 nitrogen and oxygen atoms in total. The van der Waals surface area contributed by atoms with Crippen molar-refractivity contribution in [2.75, 3.05) is 0 Å². The van der Waals surface area contributed by atoms with Crippen LogP contribution in [0, 0.1) is 0 Å². The molecule has 0 saturated heterocycles. The van der Waals surface area contributed by atoms with Crippen LogP contribution in [0.1, 0.15) is 0 Å². The Morgan fingerprint density at radius 1 is 1.60 bits per heavy atom. The maximum atomic E-state index is 2.51. The molecule has 0 spiro atoms. The average molecular weight is 582 g/mol. The molecule has 0 radical (unpaired) electrons. The summed E-state index contributed by atoms with van der Waals surface area (Å²) < 4.78 is 0. The van der Waals surface area contributed by atoms with E-state index in [-0.39, 0.29) is 14.3 Å². The van der Waals surface area contributed by atoms with E-state index >= 15 is 0 Å². The van der Waals surface area contributed by atoms with Crippen LogP contribution in [0.4, 0.5) is 0 Å². The Morgan fingerprint density at radius 3 is 1.80 bits per heavy atom. The first-order chi connectivity index (χ1) is 2.27. The normalized spacial score (nSPS) is 9.40. The second-order valence-electron chi connectivity index (χ2n) is 0.810. The molecule has 0 unspecified atom stereocenters. The van der Waals surface area contributed by atoms with Crippen LogP contribution in [0.25, 0.3) is 0 Å². The standard InChI is InChI=1S/2CH3.3W/h2*1H3;;;. The third-order valence-corrected chi connectivity index (χ3v) is 74.6. The average Bonchev–Trinajstić information content (AvgIpc) is 1.38. The van der Waals surface area contributed by atoms with Crippen LogP contribution < -0.4 is 0 Å². The summed E-state index contributed by atoms with van der Waals surface area (Å²) in [5, 5.41) is 5.02. The minimum absolute atomic E-state index is 0.360. The van der Waals surface area contributed by atoms with Gasteiger partial charge in [-0.25, -0.2) is 0 Å². The first kappa shape index (κ1) is 7.06. The zero-order valence-electron chi connectivity index (χ0n) is 3.22. The molecule has 5 heavy (non-hydrogen) atoms. The molecular weight excluding hydrogens is 576 g/mol. The van der Waals surface area contributed by atoms with Crippen molar-refractivity contribution >= 4 is 0 Å². The summed E-state index contributed by atoms with van der Waals surface area (Å²) in [7, 11) is 0. The third kappa shape index (κ3) is 6.06. The van der Waals surface area contributed by atoms with Gasteiger partial charge in [0.1, 0.15) is 0 Å². The van der Waals surface area contributed by atoms with Crippen molar-refractivity contribution in [3.63, 3.8) is 0 Å². The van der Waals surface area contributed by atoms with Gasteiger partial charge in [-0.15, -0.1) is 0 Å². The van der Waals surface area contributed by atoms with Crippen LogP contribution in [-0.2, 0) is 43.7 Å². The third-order valence-electron chi connectivity index (χ3n) is 0.136. The molecule has 0 aromatic rings. The fourth-order valence-corrected chi connectivity index (χ4v) is 0. The second-order valence-corrected chi connectivity index (χ2v) is 63.0. The van der Waals surface area contributed by atoms with Crippen LogP contribution in [0.2, 0.25) is 10.6 Å². The second kappa shape index (κ2) is 4.23. The van der Waals surface area contributed by atoms with Gasteiger partial charge in [-0.3, -0.25) is 0 Å². The Balaban J connectivity index is 2.54. The summed E-state index contributed by atoms with van der Waals surface area (Å²) in [5.74, 6) is 0. The molecular formula is C2H6W3. The Morgan fingerprint density at radius 2 is 1.80 bits per heavy atom. The van der Waals surface area contributed by atoms with Crippen LogP contribution in [0.3, 0.4) is 0 Å². The first-order valence-electron chi connectivity index (χ1n) is 1.15. The van der Waals surface area contributed by atoms with E-state index in [1.165, 1.54) is 0 Å². The van der Waals surface area contributed by atoms with Gasteiger partial charge in [0.25, 0.3) is 0 Å². The Bertz CT molecular complexity index is 18.9. The van der Waals surface area contributed by atoms with Crippen molar-refractivity contribution in [2.24, 2.45) is 0 Å². The summed E-state index contributed by atoms with van der Waals surface area (Å²) in [4.78, 5) is 0. The van der Waals surface area contributed by atoms with Crippen LogP contribution in [0.5, 0.6) is 0 Å². The predicted molar refractivity (Wildman–Crippen MR) is 11.7 cm³/mol. The van der Waals surface area contributed by atoms with Crippen molar-refractivity contribution in [1.29, 1.82) is 0 Å². The summed E-state index contributed by atoms with van der Waals surface area (Å²) >= 11 is 2.03. The molecule has 0 heterocycles. The van der Waals surface area contributed by atoms with Gasteiger partial charge < -0.3 is 0 Å². The van der Waals surface area contributed by atoms with Crippen LogP contribution >= 0.6 is 0 Å². The molecule has 0 aromatic carbocycles. The Hall–Kier alpha value is 2.06. The van der Waals surface area contributed by atoms with Crippen LogP contribution in [-0.4, -0.2) is 0 Å². The van der Waals surface area contributed by atoms with Crippen molar-refractivity contribution in [3.8, 4) is 0 Å². The summed E-state index contributed by atoms with van der Waals surface area (Å²) in [6.07, 6.45) is 0. The molecule has 0 atom stereocenters. The molecule has 0 amide bonds. The first-order valence-corrected chi connectivity index (χ1v) is 29.0. The predicted octanol–water partition coefficient (Wildman–Crippen LogP) is 1.16. The van der Waals surface area contributed by atoms with Gasteiger partial charge in [-0.1, -0.05) is 0 Å². The van der Waals surface area contributed by atoms with E-state index in [0.717, 1.165) is 0 Å². The summed E-state index contributed by atoms with van der Waals surface area (Å²) in [6, 6.07) is 0. The fraction of sp³-hybridized carbons (Fsp3) is 1.00. The van der Waals surface area contributed by atoms with E-state index in [4.69, 9.17) is 0 Å². The summed E-state index contributed by atoms with van der Waals surface area (Å²) in [6.45, 7) is 0. The topological polar surface area (TPSA) is 0 Å². The molecule has 32 valence electrons. The molecule has 3 heteroatoms. The molecule has 0 aromatic heterocycles. The summed E-state index contributed by atoms with van der Waals surface area (Å²) in [5.41, 5.74) is 0. The van der Waals surface area contributed by atoms with Crippen molar-refractivity contribution in [3.05, 3.63) is 0 Å². The van der Waals surface area contributed by atoms with E-state index in [1.54, 1.807) is 0 Å². The van der Waals surface area contributed by atoms with Gasteiger partial charge in [0.15, 0.2) is 0 Å². The van der Waals surface area contributed by atoms with Gasteiger partial charge in [0.2, 0.25) is 0 Å². The van der Waals surface area contributed by atoms with E-state index in [9.17, 15) is 0 Å². The SMILES string of the molecule is [CH3][W]([CH3])[W][W]. The van der Waals surface area contributed by atoms with Crippen molar-refractivity contribution in [1.82, 2.24) is 0 Å². The zero-order chi connectivity index (χ0) is 4.28. The molecule has 0 bridgehead atoms. The maximum absolute atomic E-state index is 2.51. The molecule has 0 N–H and O–H groups in total. The zero-order valence-corrected chi connectivity index (χ0v) is 12.0. The number of rotatable bonds is 1. The van der Waals surface area contributed by atoms with Crippen LogP contribution in [0.15, 0.2) is 0 Å². The number of hydrogen-bond acceptors (Lipinski definition) is 0. The van der Waals surface area contributed by atoms with Gasteiger partial charge in [-0.2, -0.15) is 0 Å². The van der Waals surface area contributed by atoms with E-state index in [2.05, 4.69) is 10.6 Å². The molecule has 0 rings (SSSR count). The van der Waals surface area contributed by atoms with E-state index in [1.807, 2.05) is 16.8 Å². The molecule has 0 saturated carbocycles. The van der Waals surface area contributed by atoms with Gasteiger partial charge in [-0.05, 0) is 0 Å². The molecule has 0 fully saturated rings. The number of hydrogen-bond donors (Lipinski definition) is 0. The Labute approximate surface area is 53.6 Å². The van der Waals surface area contributed by atoms with Crippen molar-refractivity contribution in [2.45, 2.75) is 10.6 Å². The van der Waals surface area contributed by atoms with Gasteiger partial charge in [0, 0.05) is 0 Å². The quantitative estimate of drug-likeness (QED) is 0.437. The monoisotopic (exact) mass is 582 g/mol. The fourth-order valence-electron chi connectivity index (χ4n) is 0.